The molecule has 0 spiro atoms. The molecule has 130 valence electrons. The molecule has 0 saturated heterocycles. The number of nitro groups is 1. The van der Waals surface area contributed by atoms with Gasteiger partial charge in [-0.15, -0.1) is 11.8 Å². The number of anilines is 1. The number of hydrogen-bond acceptors (Lipinski definition) is 5. The predicted octanol–water partition coefficient (Wildman–Crippen LogP) is 3.56. The Morgan fingerprint density at radius 2 is 1.88 bits per heavy atom. The average molecular weight is 357 g/mol. The molecule has 0 aliphatic heterocycles. The van der Waals surface area contributed by atoms with Gasteiger partial charge in [-0.1, -0.05) is 24.3 Å². The van der Waals surface area contributed by atoms with Crippen molar-refractivity contribution in [3.05, 3.63) is 70.3 Å². The van der Waals surface area contributed by atoms with E-state index in [1.54, 1.807) is 36.0 Å². The summed E-state index contributed by atoms with van der Waals surface area (Å²) in [5.74, 6) is -0.210. The second kappa shape index (κ2) is 9.48. The third-order valence-electron chi connectivity index (χ3n) is 3.38. The monoisotopic (exact) mass is 357 g/mol. The Kier molecular flexibility index (Phi) is 7.03. The molecular formula is C18H19N3O3S. The van der Waals surface area contributed by atoms with E-state index in [4.69, 9.17) is 0 Å². The molecule has 2 N–H and O–H groups in total. The Bertz CT molecular complexity index is 760. The van der Waals surface area contributed by atoms with Crippen molar-refractivity contribution in [3.8, 4) is 0 Å². The van der Waals surface area contributed by atoms with Crippen LogP contribution in [0.4, 0.5) is 11.4 Å². The summed E-state index contributed by atoms with van der Waals surface area (Å²) in [6.07, 6.45) is 5.23. The molecule has 0 aromatic heterocycles. The lowest BCUT2D eigenvalue weighted by Gasteiger charge is -2.07. The number of nitrogens with zero attached hydrogens (tertiary/aromatic N) is 1. The summed E-state index contributed by atoms with van der Waals surface area (Å²) in [5.41, 5.74) is 1.40. The van der Waals surface area contributed by atoms with Crippen LogP contribution in [-0.4, -0.2) is 30.2 Å². The van der Waals surface area contributed by atoms with Crippen LogP contribution in [0.3, 0.4) is 0 Å². The average Bonchev–Trinajstić information content (AvgIpc) is 2.64. The molecule has 6 nitrogen and oxygen atoms in total. The van der Waals surface area contributed by atoms with E-state index in [2.05, 4.69) is 10.6 Å². The van der Waals surface area contributed by atoms with E-state index < -0.39 is 4.92 Å². The number of benzene rings is 2. The molecule has 2 aromatic rings. The van der Waals surface area contributed by atoms with Crippen molar-refractivity contribution in [2.24, 2.45) is 0 Å². The molecule has 0 fully saturated rings. The highest BCUT2D eigenvalue weighted by atomic mass is 32.2. The maximum atomic E-state index is 11.8. The first-order chi connectivity index (χ1) is 12.1. The highest BCUT2D eigenvalue weighted by Crippen LogP contribution is 2.22. The lowest BCUT2D eigenvalue weighted by Crippen LogP contribution is -2.27. The number of hydrogen-bond donors (Lipinski definition) is 2. The molecule has 0 atom stereocenters. The minimum absolute atomic E-state index is 0.0161. The second-order valence-corrected chi connectivity index (χ2v) is 5.98. The summed E-state index contributed by atoms with van der Waals surface area (Å²) in [4.78, 5) is 23.4. The van der Waals surface area contributed by atoms with Gasteiger partial charge < -0.3 is 10.6 Å². The maximum Gasteiger partial charge on any atom is 0.292 e. The summed E-state index contributed by atoms with van der Waals surface area (Å²) in [6, 6.07) is 14.3. The fraction of sp³-hybridized carbons (Fsp3) is 0.167. The molecule has 2 aromatic carbocycles. The van der Waals surface area contributed by atoms with E-state index in [-0.39, 0.29) is 11.6 Å². The molecule has 2 rings (SSSR count). The molecule has 0 saturated carbocycles. The molecular weight excluding hydrogens is 338 g/mol. The Balaban J connectivity index is 1.77. The smallest absolute Gasteiger partial charge is 0.292 e. The van der Waals surface area contributed by atoms with E-state index in [0.717, 1.165) is 5.56 Å². The number of carbonyl (C=O) groups excluding carboxylic acids is 1. The third-order valence-corrected chi connectivity index (χ3v) is 4.13. The second-order valence-electron chi connectivity index (χ2n) is 5.10. The number of nitro benzene ring substituents is 1. The van der Waals surface area contributed by atoms with Crippen LogP contribution in [-0.2, 0) is 4.79 Å². The molecule has 0 bridgehead atoms. The molecule has 7 heteroatoms. The van der Waals surface area contributed by atoms with Crippen molar-refractivity contribution < 1.29 is 9.72 Å². The van der Waals surface area contributed by atoms with Crippen LogP contribution in [0.1, 0.15) is 5.56 Å². The number of amides is 1. The van der Waals surface area contributed by atoms with Gasteiger partial charge in [0.15, 0.2) is 0 Å². The van der Waals surface area contributed by atoms with Gasteiger partial charge in [0.25, 0.3) is 5.69 Å². The van der Waals surface area contributed by atoms with Gasteiger partial charge in [-0.2, -0.15) is 0 Å². The SMILES string of the molecule is CSc1ccc(/C=C/C(=O)NCCNc2ccccc2[N+](=O)[O-])cc1. The van der Waals surface area contributed by atoms with Crippen LogP contribution in [0.25, 0.3) is 6.08 Å². The molecule has 0 radical (unpaired) electrons. The van der Waals surface area contributed by atoms with Gasteiger partial charge in [-0.05, 0) is 36.1 Å². The third kappa shape index (κ3) is 5.96. The van der Waals surface area contributed by atoms with E-state index in [0.29, 0.717) is 18.8 Å². The summed E-state index contributed by atoms with van der Waals surface area (Å²) >= 11 is 1.66. The molecule has 1 amide bonds. The fourth-order valence-corrected chi connectivity index (χ4v) is 2.52. The van der Waals surface area contributed by atoms with Crippen molar-refractivity contribution in [3.63, 3.8) is 0 Å². The van der Waals surface area contributed by atoms with Crippen molar-refractivity contribution in [1.29, 1.82) is 0 Å². The summed E-state index contributed by atoms with van der Waals surface area (Å²) in [7, 11) is 0. The van der Waals surface area contributed by atoms with Crippen molar-refractivity contribution in [2.45, 2.75) is 4.90 Å². The number of para-hydroxylation sites is 2. The van der Waals surface area contributed by atoms with Crippen molar-refractivity contribution in [2.75, 3.05) is 24.7 Å². The minimum Gasteiger partial charge on any atom is -0.378 e. The number of thioether (sulfide) groups is 1. The zero-order valence-corrected chi connectivity index (χ0v) is 14.6. The normalized spacial score (nSPS) is 10.6. The predicted molar refractivity (Wildman–Crippen MR) is 102 cm³/mol. The van der Waals surface area contributed by atoms with E-state index in [1.165, 1.54) is 17.0 Å². The lowest BCUT2D eigenvalue weighted by atomic mass is 10.2. The Morgan fingerprint density at radius 1 is 1.16 bits per heavy atom. The molecule has 0 heterocycles. The quantitative estimate of drug-likeness (QED) is 0.248. The standard InChI is InChI=1S/C18H19N3O3S/c1-25-15-9-6-14(7-10-15)8-11-18(22)20-13-12-19-16-4-2-3-5-17(16)21(23)24/h2-11,19H,12-13H2,1H3,(H,20,22)/b11-8+. The summed E-state index contributed by atoms with van der Waals surface area (Å²) in [6.45, 7) is 0.757. The van der Waals surface area contributed by atoms with Crippen molar-refractivity contribution in [1.82, 2.24) is 5.32 Å². The number of rotatable bonds is 8. The first-order valence-corrected chi connectivity index (χ1v) is 8.90. The van der Waals surface area contributed by atoms with Crippen molar-refractivity contribution >= 4 is 35.1 Å². The molecule has 25 heavy (non-hydrogen) atoms. The lowest BCUT2D eigenvalue weighted by molar-refractivity contribution is -0.384. The van der Waals surface area contributed by atoms with Crippen LogP contribution in [0.2, 0.25) is 0 Å². The van der Waals surface area contributed by atoms with E-state index in [1.807, 2.05) is 30.5 Å². The van der Waals surface area contributed by atoms with Crippen LogP contribution in [0.5, 0.6) is 0 Å². The topological polar surface area (TPSA) is 84.3 Å². The summed E-state index contributed by atoms with van der Waals surface area (Å²) < 4.78 is 0. The van der Waals surface area contributed by atoms with Gasteiger partial charge in [0.2, 0.25) is 5.91 Å². The van der Waals surface area contributed by atoms with Gasteiger partial charge in [0.1, 0.15) is 5.69 Å². The fourth-order valence-electron chi connectivity index (χ4n) is 2.11. The Hall–Kier alpha value is -2.80. The number of carbonyl (C=O) groups is 1. The first-order valence-electron chi connectivity index (χ1n) is 7.67. The van der Waals surface area contributed by atoms with E-state index >= 15 is 0 Å². The van der Waals surface area contributed by atoms with Gasteiger partial charge >= 0.3 is 0 Å². The van der Waals surface area contributed by atoms with Gasteiger partial charge in [0.05, 0.1) is 4.92 Å². The van der Waals surface area contributed by atoms with E-state index in [9.17, 15) is 14.9 Å². The molecule has 0 aliphatic rings. The maximum absolute atomic E-state index is 11.8. The van der Waals surface area contributed by atoms with Crippen LogP contribution in [0.15, 0.2) is 59.5 Å². The molecule has 0 unspecified atom stereocenters. The zero-order chi connectivity index (χ0) is 18.1. The Labute approximate surface area is 150 Å². The highest BCUT2D eigenvalue weighted by Gasteiger charge is 2.11. The van der Waals surface area contributed by atoms with Crippen LogP contribution in [0, 0.1) is 10.1 Å². The number of nitrogens with one attached hydrogen (secondary N) is 2. The van der Waals surface area contributed by atoms with Crippen LogP contribution < -0.4 is 10.6 Å². The highest BCUT2D eigenvalue weighted by molar-refractivity contribution is 7.98. The van der Waals surface area contributed by atoms with Gasteiger partial charge in [-0.25, -0.2) is 0 Å². The molecule has 0 aliphatic carbocycles. The first kappa shape index (κ1) is 18.5. The van der Waals surface area contributed by atoms with Crippen LogP contribution >= 0.6 is 11.8 Å². The minimum atomic E-state index is -0.439. The summed E-state index contributed by atoms with van der Waals surface area (Å²) in [5, 5.41) is 16.6. The van der Waals surface area contributed by atoms with Gasteiger partial charge in [0, 0.05) is 30.1 Å². The Morgan fingerprint density at radius 3 is 2.56 bits per heavy atom. The largest absolute Gasteiger partial charge is 0.378 e. The van der Waals surface area contributed by atoms with Gasteiger partial charge in [-0.3, -0.25) is 14.9 Å². The zero-order valence-electron chi connectivity index (χ0n) is 13.8.